The Morgan fingerprint density at radius 1 is 1.36 bits per heavy atom. The highest BCUT2D eigenvalue weighted by Gasteiger charge is 2.26. The fraction of sp³-hybridized carbons (Fsp3) is 0.375. The maximum Gasteiger partial charge on any atom is 0.242 e. The summed E-state index contributed by atoms with van der Waals surface area (Å²) in [5.74, 6) is 0.744. The third-order valence-corrected chi connectivity index (χ3v) is 4.93. The molecule has 0 spiro atoms. The molecule has 0 aliphatic heterocycles. The van der Waals surface area contributed by atoms with Crippen molar-refractivity contribution in [3.05, 3.63) is 47.9 Å². The summed E-state index contributed by atoms with van der Waals surface area (Å²) in [4.78, 5) is 14.3. The molecule has 0 aliphatic carbocycles. The first kappa shape index (κ1) is 16.4. The predicted molar refractivity (Wildman–Crippen MR) is 87.0 cm³/mol. The van der Waals surface area contributed by atoms with Gasteiger partial charge in [0.05, 0.1) is 11.4 Å². The normalized spacial score (nSPS) is 13.6. The van der Waals surface area contributed by atoms with Crippen LogP contribution in [0.4, 0.5) is 5.69 Å². The van der Waals surface area contributed by atoms with Crippen LogP contribution in [0.15, 0.2) is 40.9 Å². The average Bonchev–Trinajstić information content (AvgIpc) is 2.93. The van der Waals surface area contributed by atoms with Gasteiger partial charge >= 0.3 is 0 Å². The van der Waals surface area contributed by atoms with Crippen molar-refractivity contribution in [2.45, 2.75) is 31.8 Å². The van der Waals surface area contributed by atoms with E-state index in [0.717, 1.165) is 5.69 Å². The molecule has 22 heavy (non-hydrogen) atoms. The van der Waals surface area contributed by atoms with Gasteiger partial charge in [-0.2, -0.15) is 0 Å². The molecule has 0 saturated carbocycles. The molecule has 6 heteroatoms. The Kier molecular flexibility index (Phi) is 5.49. The Morgan fingerprint density at radius 2 is 2.05 bits per heavy atom. The van der Waals surface area contributed by atoms with Crippen LogP contribution in [0.1, 0.15) is 25.3 Å². The monoisotopic (exact) mass is 320 g/mol. The lowest BCUT2D eigenvalue weighted by Gasteiger charge is -2.24. The Morgan fingerprint density at radius 3 is 2.59 bits per heavy atom. The van der Waals surface area contributed by atoms with Gasteiger partial charge in [0.1, 0.15) is 11.0 Å². The largest absolute Gasteiger partial charge is 0.361 e. The number of aryl methyl sites for hydroxylation is 1. The van der Waals surface area contributed by atoms with Crippen LogP contribution < -0.4 is 4.90 Å². The van der Waals surface area contributed by atoms with Gasteiger partial charge < -0.3 is 9.42 Å². The number of amides is 1. The summed E-state index contributed by atoms with van der Waals surface area (Å²) >= 11 is 0. The Balaban J connectivity index is 2.08. The van der Waals surface area contributed by atoms with Crippen LogP contribution in [0.25, 0.3) is 0 Å². The summed E-state index contributed by atoms with van der Waals surface area (Å²) in [5.41, 5.74) is 1.43. The minimum absolute atomic E-state index is 0.146. The van der Waals surface area contributed by atoms with Gasteiger partial charge in [-0.3, -0.25) is 9.00 Å². The summed E-state index contributed by atoms with van der Waals surface area (Å²) in [6.45, 7) is 5.91. The molecule has 2 aromatic rings. The van der Waals surface area contributed by atoms with Crippen LogP contribution in [0.3, 0.4) is 0 Å². The van der Waals surface area contributed by atoms with Crippen molar-refractivity contribution in [3.63, 3.8) is 0 Å². The van der Waals surface area contributed by atoms with E-state index in [1.807, 2.05) is 37.3 Å². The molecular weight excluding hydrogens is 300 g/mol. The Bertz CT molecular complexity index is 654. The highest BCUT2D eigenvalue weighted by Crippen LogP contribution is 2.17. The summed E-state index contributed by atoms with van der Waals surface area (Å²) < 4.78 is 17.4. The van der Waals surface area contributed by atoms with Crippen LogP contribution in [0, 0.1) is 6.92 Å². The maximum absolute atomic E-state index is 12.6. The second kappa shape index (κ2) is 7.35. The number of anilines is 1. The number of para-hydroxylation sites is 1. The van der Waals surface area contributed by atoms with Gasteiger partial charge in [-0.25, -0.2) is 0 Å². The molecule has 2 atom stereocenters. The third-order valence-electron chi connectivity index (χ3n) is 3.36. The Hall–Kier alpha value is -1.95. The van der Waals surface area contributed by atoms with Gasteiger partial charge in [-0.1, -0.05) is 23.4 Å². The van der Waals surface area contributed by atoms with Crippen molar-refractivity contribution in [1.82, 2.24) is 5.16 Å². The van der Waals surface area contributed by atoms with Crippen LogP contribution in [0.5, 0.6) is 0 Å². The van der Waals surface area contributed by atoms with Gasteiger partial charge in [0, 0.05) is 29.1 Å². The molecule has 1 amide bonds. The molecular formula is C16H20N2O3S. The lowest BCUT2D eigenvalue weighted by molar-refractivity contribution is -0.117. The van der Waals surface area contributed by atoms with E-state index >= 15 is 0 Å². The molecule has 0 bridgehead atoms. The van der Waals surface area contributed by atoms with E-state index in [1.54, 1.807) is 24.8 Å². The summed E-state index contributed by atoms with van der Waals surface area (Å²) in [7, 11) is -1.34. The topological polar surface area (TPSA) is 63.4 Å². The zero-order chi connectivity index (χ0) is 16.1. The third kappa shape index (κ3) is 3.82. The predicted octanol–water partition coefficient (Wildman–Crippen LogP) is 2.67. The first-order chi connectivity index (χ1) is 10.5. The van der Waals surface area contributed by atoms with Crippen molar-refractivity contribution in [1.29, 1.82) is 0 Å². The fourth-order valence-corrected chi connectivity index (χ4v) is 3.19. The summed E-state index contributed by atoms with van der Waals surface area (Å²) in [5, 5.41) is 3.23. The first-order valence-electron chi connectivity index (χ1n) is 7.18. The zero-order valence-corrected chi connectivity index (χ0v) is 13.8. The van der Waals surface area contributed by atoms with Gasteiger partial charge in [0.2, 0.25) is 5.91 Å². The van der Waals surface area contributed by atoms with Crippen molar-refractivity contribution < 1.29 is 13.5 Å². The molecule has 2 rings (SSSR count). The molecule has 1 aromatic heterocycles. The molecule has 1 heterocycles. The van der Waals surface area contributed by atoms with Crippen molar-refractivity contribution in [2.75, 3.05) is 11.4 Å². The minimum atomic E-state index is -1.34. The van der Waals surface area contributed by atoms with E-state index in [2.05, 4.69) is 5.16 Å². The van der Waals surface area contributed by atoms with Crippen molar-refractivity contribution >= 4 is 22.4 Å². The second-order valence-corrected chi connectivity index (χ2v) is 6.77. The molecule has 0 radical (unpaired) electrons. The van der Waals surface area contributed by atoms with E-state index in [0.29, 0.717) is 18.0 Å². The SMILES string of the molecule is CCN(C(=O)[C@H](C)[S@](=O)Cc1cc(C)on1)c1ccccc1. The second-order valence-electron chi connectivity index (χ2n) is 5.01. The number of hydrogen-bond acceptors (Lipinski definition) is 4. The highest BCUT2D eigenvalue weighted by molar-refractivity contribution is 7.85. The highest BCUT2D eigenvalue weighted by atomic mass is 32.2. The van der Waals surface area contributed by atoms with E-state index in [1.165, 1.54) is 0 Å². The van der Waals surface area contributed by atoms with Gasteiger partial charge in [-0.15, -0.1) is 0 Å². The van der Waals surface area contributed by atoms with Gasteiger partial charge in [-0.05, 0) is 32.9 Å². The van der Waals surface area contributed by atoms with E-state index < -0.39 is 16.0 Å². The zero-order valence-electron chi connectivity index (χ0n) is 13.0. The molecule has 1 aromatic carbocycles. The lowest BCUT2D eigenvalue weighted by atomic mass is 10.2. The smallest absolute Gasteiger partial charge is 0.242 e. The first-order valence-corrected chi connectivity index (χ1v) is 8.57. The minimum Gasteiger partial charge on any atom is -0.361 e. The molecule has 0 aliphatic rings. The lowest BCUT2D eigenvalue weighted by Crippen LogP contribution is -2.40. The molecule has 0 unspecified atom stereocenters. The number of aromatic nitrogens is 1. The molecule has 118 valence electrons. The molecule has 0 N–H and O–H groups in total. The number of nitrogens with zero attached hydrogens (tertiary/aromatic N) is 2. The van der Waals surface area contributed by atoms with Gasteiger partial charge in [0.25, 0.3) is 0 Å². The van der Waals surface area contributed by atoms with Crippen LogP contribution >= 0.6 is 0 Å². The summed E-state index contributed by atoms with van der Waals surface area (Å²) in [6, 6.07) is 11.1. The number of hydrogen-bond donors (Lipinski definition) is 0. The number of carbonyl (C=O) groups excluding carboxylic acids is 1. The van der Waals surface area contributed by atoms with E-state index in [9.17, 15) is 9.00 Å². The maximum atomic E-state index is 12.6. The molecule has 5 nitrogen and oxygen atoms in total. The van der Waals surface area contributed by atoms with E-state index in [4.69, 9.17) is 4.52 Å². The summed E-state index contributed by atoms with van der Waals surface area (Å²) in [6.07, 6.45) is 0. The van der Waals surface area contributed by atoms with Crippen molar-refractivity contribution in [2.24, 2.45) is 0 Å². The fourth-order valence-electron chi connectivity index (χ4n) is 2.16. The number of rotatable bonds is 6. The van der Waals surface area contributed by atoms with Crippen molar-refractivity contribution in [3.8, 4) is 0 Å². The average molecular weight is 320 g/mol. The van der Waals surface area contributed by atoms with Crippen LogP contribution in [-0.4, -0.2) is 27.1 Å². The van der Waals surface area contributed by atoms with Gasteiger partial charge in [0.15, 0.2) is 0 Å². The van der Waals surface area contributed by atoms with Crippen LogP contribution in [0.2, 0.25) is 0 Å². The number of benzene rings is 1. The quantitative estimate of drug-likeness (QED) is 0.821. The molecule has 0 fully saturated rings. The van der Waals surface area contributed by atoms with Crippen LogP contribution in [-0.2, 0) is 21.3 Å². The Labute approximate surface area is 132 Å². The molecule has 0 saturated heterocycles. The standard InChI is InChI=1S/C16H20N2O3S/c1-4-18(15-8-6-5-7-9-15)16(19)13(3)22(20)11-14-10-12(2)21-17-14/h5-10,13H,4,11H2,1-3H3/t13-,22+/m0/s1. The number of carbonyl (C=O) groups is 1. The van der Waals surface area contributed by atoms with E-state index in [-0.39, 0.29) is 11.7 Å².